The van der Waals surface area contributed by atoms with Crippen molar-refractivity contribution in [1.29, 1.82) is 0 Å². The fourth-order valence-corrected chi connectivity index (χ4v) is 2.35. The van der Waals surface area contributed by atoms with E-state index in [1.807, 2.05) is 13.8 Å². The van der Waals surface area contributed by atoms with Gasteiger partial charge in [-0.1, -0.05) is 0 Å². The summed E-state index contributed by atoms with van der Waals surface area (Å²) in [4.78, 5) is 21.4. The highest BCUT2D eigenvalue weighted by Gasteiger charge is 2.12. The molecule has 0 amide bonds. The zero-order valence-electron chi connectivity index (χ0n) is 9.73. The number of nitrogens with two attached hydrogens (primary N) is 1. The highest BCUT2D eigenvalue weighted by molar-refractivity contribution is 7.11. The van der Waals surface area contributed by atoms with Crippen LogP contribution in [0.3, 0.4) is 0 Å². The van der Waals surface area contributed by atoms with Crippen molar-refractivity contribution in [2.45, 2.75) is 20.3 Å². The lowest BCUT2D eigenvalue weighted by molar-refractivity contribution is 0.0988. The Labute approximate surface area is 104 Å². The van der Waals surface area contributed by atoms with E-state index >= 15 is 0 Å². The van der Waals surface area contributed by atoms with Gasteiger partial charge in [0.2, 0.25) is 0 Å². The van der Waals surface area contributed by atoms with Crippen molar-refractivity contribution in [3.05, 3.63) is 39.6 Å². The molecule has 0 unspecified atom stereocenters. The highest BCUT2D eigenvalue weighted by Crippen LogP contribution is 2.18. The van der Waals surface area contributed by atoms with E-state index in [0.29, 0.717) is 17.8 Å². The average molecular weight is 247 g/mol. The van der Waals surface area contributed by atoms with Crippen LogP contribution < -0.4 is 5.73 Å². The van der Waals surface area contributed by atoms with Crippen LogP contribution in [0, 0.1) is 13.8 Å². The molecule has 2 aromatic heterocycles. The molecule has 5 heteroatoms. The van der Waals surface area contributed by atoms with Crippen molar-refractivity contribution in [2.24, 2.45) is 0 Å². The number of ketones is 1. The molecule has 0 aliphatic heterocycles. The van der Waals surface area contributed by atoms with Crippen LogP contribution >= 0.6 is 11.3 Å². The molecule has 0 saturated carbocycles. The molecule has 88 valence electrons. The van der Waals surface area contributed by atoms with Crippen molar-refractivity contribution >= 4 is 22.8 Å². The summed E-state index contributed by atoms with van der Waals surface area (Å²) in [6.45, 7) is 3.95. The Morgan fingerprint density at radius 3 is 2.71 bits per heavy atom. The Morgan fingerprint density at radius 1 is 1.41 bits per heavy atom. The van der Waals surface area contributed by atoms with E-state index in [1.54, 1.807) is 23.5 Å². The minimum atomic E-state index is -0.0289. The maximum Gasteiger partial charge on any atom is 0.187 e. The predicted molar refractivity (Wildman–Crippen MR) is 68.3 cm³/mol. The summed E-state index contributed by atoms with van der Waals surface area (Å²) in [6.07, 6.45) is 1.79. The van der Waals surface area contributed by atoms with Crippen LogP contribution in [0.15, 0.2) is 18.3 Å². The lowest BCUT2D eigenvalue weighted by Crippen LogP contribution is -2.06. The molecule has 0 saturated heterocycles. The number of hydrogen-bond acceptors (Lipinski definition) is 5. The van der Waals surface area contributed by atoms with E-state index in [-0.39, 0.29) is 5.78 Å². The Morgan fingerprint density at radius 2 is 2.18 bits per heavy atom. The lowest BCUT2D eigenvalue weighted by Gasteiger charge is -1.98. The second-order valence-electron chi connectivity index (χ2n) is 3.83. The van der Waals surface area contributed by atoms with Crippen LogP contribution in [0.2, 0.25) is 0 Å². The zero-order valence-corrected chi connectivity index (χ0v) is 10.5. The number of thiazole rings is 1. The minimum Gasteiger partial charge on any atom is -0.397 e. The van der Waals surface area contributed by atoms with E-state index in [2.05, 4.69) is 9.97 Å². The van der Waals surface area contributed by atoms with Gasteiger partial charge in [-0.15, -0.1) is 11.3 Å². The number of hydrogen-bond donors (Lipinski definition) is 1. The van der Waals surface area contributed by atoms with Crippen LogP contribution in [0.4, 0.5) is 5.69 Å². The number of anilines is 1. The first-order chi connectivity index (χ1) is 8.06. The predicted octanol–water partition coefficient (Wildman–Crippen LogP) is 2.16. The van der Waals surface area contributed by atoms with Gasteiger partial charge in [0.15, 0.2) is 5.78 Å². The number of nitrogens with zero attached hydrogens (tertiary/aromatic N) is 2. The van der Waals surface area contributed by atoms with Gasteiger partial charge in [0.25, 0.3) is 0 Å². The summed E-state index contributed by atoms with van der Waals surface area (Å²) in [7, 11) is 0. The molecule has 0 aromatic carbocycles. The fraction of sp³-hybridized carbons (Fsp3) is 0.250. The molecule has 0 atom stereocenters. The van der Waals surface area contributed by atoms with Gasteiger partial charge in [-0.05, 0) is 26.0 Å². The van der Waals surface area contributed by atoms with Gasteiger partial charge < -0.3 is 5.73 Å². The molecule has 4 nitrogen and oxygen atoms in total. The average Bonchev–Trinajstić information content (AvgIpc) is 2.58. The summed E-state index contributed by atoms with van der Waals surface area (Å²) in [5, 5.41) is 0.837. The van der Waals surface area contributed by atoms with Crippen molar-refractivity contribution in [2.75, 3.05) is 5.73 Å². The number of aromatic nitrogens is 2. The van der Waals surface area contributed by atoms with Gasteiger partial charge in [0.1, 0.15) is 10.7 Å². The number of nitrogen functional groups attached to an aromatic ring is 1. The molecule has 0 aliphatic carbocycles. The molecule has 2 rings (SSSR count). The van der Waals surface area contributed by atoms with Crippen LogP contribution in [0.25, 0.3) is 0 Å². The summed E-state index contributed by atoms with van der Waals surface area (Å²) in [5.74, 6) is -0.0289. The molecule has 17 heavy (non-hydrogen) atoms. The smallest absolute Gasteiger partial charge is 0.187 e. The van der Waals surface area contributed by atoms with Gasteiger partial charge >= 0.3 is 0 Å². The maximum atomic E-state index is 11.9. The molecule has 2 heterocycles. The van der Waals surface area contributed by atoms with E-state index in [4.69, 9.17) is 5.73 Å². The quantitative estimate of drug-likeness (QED) is 0.844. The topological polar surface area (TPSA) is 68.9 Å². The van der Waals surface area contributed by atoms with Crippen molar-refractivity contribution in [1.82, 2.24) is 9.97 Å². The summed E-state index contributed by atoms with van der Waals surface area (Å²) in [6, 6.07) is 3.32. The number of Topliss-reactive ketones (excluding diaryl/α,β-unsaturated/α-hetero) is 1. The number of carbonyl (C=O) groups excluding carboxylic acids is 1. The monoisotopic (exact) mass is 247 g/mol. The molecular weight excluding hydrogens is 234 g/mol. The molecule has 0 aliphatic rings. The Balaban J connectivity index is 2.14. The SMILES string of the molecule is Cc1nc(CC(=O)c2ccc(N)cn2)sc1C. The fourth-order valence-electron chi connectivity index (χ4n) is 1.41. The van der Waals surface area contributed by atoms with Gasteiger partial charge in [0.05, 0.1) is 24.0 Å². The van der Waals surface area contributed by atoms with Gasteiger partial charge in [-0.2, -0.15) is 0 Å². The second-order valence-corrected chi connectivity index (χ2v) is 5.11. The van der Waals surface area contributed by atoms with Gasteiger partial charge in [-0.3, -0.25) is 9.78 Å². The normalized spacial score (nSPS) is 10.5. The van der Waals surface area contributed by atoms with E-state index < -0.39 is 0 Å². The Bertz CT molecular complexity index is 526. The number of rotatable bonds is 3. The highest BCUT2D eigenvalue weighted by atomic mass is 32.1. The van der Waals surface area contributed by atoms with Crippen molar-refractivity contribution in [3.8, 4) is 0 Å². The first-order valence-electron chi connectivity index (χ1n) is 5.24. The molecule has 2 aromatic rings. The number of carbonyl (C=O) groups is 1. The molecule has 0 fully saturated rings. The number of aryl methyl sites for hydroxylation is 2. The number of pyridine rings is 1. The Kier molecular flexibility index (Phi) is 3.19. The van der Waals surface area contributed by atoms with Crippen molar-refractivity contribution < 1.29 is 4.79 Å². The third kappa shape index (κ3) is 2.68. The van der Waals surface area contributed by atoms with Crippen LogP contribution in [0.5, 0.6) is 0 Å². The zero-order chi connectivity index (χ0) is 12.4. The van der Waals surface area contributed by atoms with Crippen LogP contribution in [0.1, 0.15) is 26.1 Å². The minimum absolute atomic E-state index is 0.0289. The van der Waals surface area contributed by atoms with E-state index in [9.17, 15) is 4.79 Å². The van der Waals surface area contributed by atoms with Crippen LogP contribution in [-0.4, -0.2) is 15.8 Å². The Hall–Kier alpha value is -1.75. The summed E-state index contributed by atoms with van der Waals surface area (Å²) in [5.41, 5.74) is 7.50. The third-order valence-electron chi connectivity index (χ3n) is 2.46. The molecule has 0 spiro atoms. The molecule has 0 radical (unpaired) electrons. The van der Waals surface area contributed by atoms with Crippen molar-refractivity contribution in [3.63, 3.8) is 0 Å². The second kappa shape index (κ2) is 4.63. The standard InChI is InChI=1S/C12H13N3OS/c1-7-8(2)17-12(15-7)5-11(16)10-4-3-9(13)6-14-10/h3-4,6H,5,13H2,1-2H3. The summed E-state index contributed by atoms with van der Waals surface area (Å²) >= 11 is 1.56. The van der Waals surface area contributed by atoms with Crippen LogP contribution in [-0.2, 0) is 6.42 Å². The first kappa shape index (κ1) is 11.7. The van der Waals surface area contributed by atoms with E-state index in [0.717, 1.165) is 15.6 Å². The maximum absolute atomic E-state index is 11.9. The van der Waals surface area contributed by atoms with E-state index in [1.165, 1.54) is 6.20 Å². The van der Waals surface area contributed by atoms with Gasteiger partial charge in [0, 0.05) is 4.88 Å². The molecule has 2 N–H and O–H groups in total. The molecule has 0 bridgehead atoms. The third-order valence-corrected chi connectivity index (χ3v) is 3.53. The van der Waals surface area contributed by atoms with Gasteiger partial charge in [-0.25, -0.2) is 4.98 Å². The lowest BCUT2D eigenvalue weighted by atomic mass is 10.2. The molecular formula is C12H13N3OS. The largest absolute Gasteiger partial charge is 0.397 e. The summed E-state index contributed by atoms with van der Waals surface area (Å²) < 4.78 is 0. The first-order valence-corrected chi connectivity index (χ1v) is 6.05.